The van der Waals surface area contributed by atoms with Crippen molar-refractivity contribution in [2.45, 2.75) is 32.7 Å². The summed E-state index contributed by atoms with van der Waals surface area (Å²) in [6, 6.07) is 14.7. The fourth-order valence-electron chi connectivity index (χ4n) is 4.04. The normalized spacial score (nSPS) is 17.4. The summed E-state index contributed by atoms with van der Waals surface area (Å²) in [5.74, 6) is 0.133. The Kier molecular flexibility index (Phi) is 3.92. The molecule has 0 saturated carbocycles. The number of hydrogen-bond acceptors (Lipinski definition) is 3. The van der Waals surface area contributed by atoms with Gasteiger partial charge in [-0.2, -0.15) is 5.26 Å². The van der Waals surface area contributed by atoms with Gasteiger partial charge in [-0.25, -0.2) is 0 Å². The standard InChI is InChI=1S/C22H21N3O2/c1-22(2)11-14-4-3-13(12-23)7-18(14)21(22)25-20(27)10-16-8-15-9-17(26)5-6-19(15)24-16/h3-9,21,24,26H,10-11H2,1-2H3,(H,25,27)/t21-/m1/s1. The fourth-order valence-corrected chi connectivity index (χ4v) is 4.04. The van der Waals surface area contributed by atoms with Gasteiger partial charge in [0.05, 0.1) is 24.1 Å². The van der Waals surface area contributed by atoms with Crippen molar-refractivity contribution in [3.63, 3.8) is 0 Å². The number of hydrogen-bond donors (Lipinski definition) is 3. The molecule has 3 aromatic rings. The Morgan fingerprint density at radius 1 is 1.30 bits per heavy atom. The minimum absolute atomic E-state index is 0.0703. The zero-order valence-corrected chi connectivity index (χ0v) is 15.3. The quantitative estimate of drug-likeness (QED) is 0.666. The van der Waals surface area contributed by atoms with Crippen molar-refractivity contribution in [3.8, 4) is 11.8 Å². The number of amides is 1. The lowest BCUT2D eigenvalue weighted by atomic mass is 9.85. The number of nitrogens with zero attached hydrogens (tertiary/aromatic N) is 1. The van der Waals surface area contributed by atoms with Gasteiger partial charge >= 0.3 is 0 Å². The average Bonchev–Trinajstić information content (AvgIpc) is 3.11. The van der Waals surface area contributed by atoms with Gasteiger partial charge in [0.2, 0.25) is 5.91 Å². The number of carbonyl (C=O) groups excluding carboxylic acids is 1. The molecule has 5 nitrogen and oxygen atoms in total. The molecule has 5 heteroatoms. The Morgan fingerprint density at radius 3 is 2.89 bits per heavy atom. The molecular weight excluding hydrogens is 338 g/mol. The van der Waals surface area contributed by atoms with Crippen LogP contribution in [0.25, 0.3) is 10.9 Å². The van der Waals surface area contributed by atoms with Crippen molar-refractivity contribution < 1.29 is 9.90 Å². The topological polar surface area (TPSA) is 88.9 Å². The molecule has 4 rings (SSSR count). The molecule has 0 aliphatic heterocycles. The molecule has 0 spiro atoms. The summed E-state index contributed by atoms with van der Waals surface area (Å²) in [6.07, 6.45) is 1.10. The van der Waals surface area contributed by atoms with Crippen molar-refractivity contribution in [2.24, 2.45) is 5.41 Å². The number of aromatic amines is 1. The van der Waals surface area contributed by atoms with Gasteiger partial charge in [-0.3, -0.25) is 4.79 Å². The molecule has 1 heterocycles. The predicted octanol–water partition coefficient (Wildman–Crippen LogP) is 3.73. The number of nitrogens with one attached hydrogen (secondary N) is 2. The van der Waals surface area contributed by atoms with Gasteiger partial charge < -0.3 is 15.4 Å². The Bertz CT molecular complexity index is 1090. The number of aromatic nitrogens is 1. The van der Waals surface area contributed by atoms with E-state index in [0.29, 0.717) is 5.56 Å². The van der Waals surface area contributed by atoms with E-state index in [0.717, 1.165) is 28.6 Å². The molecule has 3 N–H and O–H groups in total. The van der Waals surface area contributed by atoms with Gasteiger partial charge in [0.15, 0.2) is 0 Å². The van der Waals surface area contributed by atoms with E-state index in [-0.39, 0.29) is 29.5 Å². The lowest BCUT2D eigenvalue weighted by Crippen LogP contribution is -2.36. The summed E-state index contributed by atoms with van der Waals surface area (Å²) in [5, 5.41) is 22.8. The molecule has 0 radical (unpaired) electrons. The van der Waals surface area contributed by atoms with Crippen molar-refractivity contribution >= 4 is 16.8 Å². The van der Waals surface area contributed by atoms with Crippen molar-refractivity contribution in [1.82, 2.24) is 10.3 Å². The second-order valence-corrected chi connectivity index (χ2v) is 7.93. The number of nitriles is 1. The zero-order chi connectivity index (χ0) is 19.2. The van der Waals surface area contributed by atoms with Gasteiger partial charge in [-0.1, -0.05) is 19.9 Å². The van der Waals surface area contributed by atoms with Crippen molar-refractivity contribution in [3.05, 3.63) is 64.8 Å². The van der Waals surface area contributed by atoms with Crippen LogP contribution in [-0.4, -0.2) is 16.0 Å². The van der Waals surface area contributed by atoms with E-state index in [2.05, 4.69) is 30.2 Å². The van der Waals surface area contributed by atoms with Crippen LogP contribution < -0.4 is 5.32 Å². The highest BCUT2D eigenvalue weighted by Gasteiger charge is 2.39. The van der Waals surface area contributed by atoms with Crippen molar-refractivity contribution in [1.29, 1.82) is 5.26 Å². The molecular formula is C22H21N3O2. The second kappa shape index (κ2) is 6.17. The number of fused-ring (bicyclic) bond motifs is 2. The molecule has 1 atom stereocenters. The minimum Gasteiger partial charge on any atom is -0.508 e. The molecule has 1 aromatic heterocycles. The average molecular weight is 359 g/mol. The summed E-state index contributed by atoms with van der Waals surface area (Å²) in [5.41, 5.74) is 4.41. The molecule has 2 aromatic carbocycles. The Labute approximate surface area is 157 Å². The third-order valence-corrected chi connectivity index (χ3v) is 5.33. The largest absolute Gasteiger partial charge is 0.508 e. The molecule has 1 aliphatic rings. The van der Waals surface area contributed by atoms with E-state index in [4.69, 9.17) is 0 Å². The lowest BCUT2D eigenvalue weighted by Gasteiger charge is -2.28. The predicted molar refractivity (Wildman–Crippen MR) is 103 cm³/mol. The van der Waals surface area contributed by atoms with Gasteiger partial charge in [-0.15, -0.1) is 0 Å². The number of carbonyl (C=O) groups is 1. The zero-order valence-electron chi connectivity index (χ0n) is 15.3. The van der Waals surface area contributed by atoms with Crippen LogP contribution in [0, 0.1) is 16.7 Å². The van der Waals surface area contributed by atoms with E-state index in [9.17, 15) is 15.2 Å². The monoisotopic (exact) mass is 359 g/mol. The smallest absolute Gasteiger partial charge is 0.226 e. The first-order valence-corrected chi connectivity index (χ1v) is 8.98. The number of H-pyrrole nitrogens is 1. The molecule has 0 saturated heterocycles. The lowest BCUT2D eigenvalue weighted by molar-refractivity contribution is -0.122. The van der Waals surface area contributed by atoms with Crippen LogP contribution in [0.4, 0.5) is 0 Å². The third kappa shape index (κ3) is 3.15. The highest BCUT2D eigenvalue weighted by Crippen LogP contribution is 2.45. The van der Waals surface area contributed by atoms with E-state index in [1.165, 1.54) is 5.56 Å². The van der Waals surface area contributed by atoms with E-state index in [1.807, 2.05) is 24.3 Å². The van der Waals surface area contributed by atoms with Gasteiger partial charge in [0.25, 0.3) is 0 Å². The molecule has 1 aliphatic carbocycles. The fraction of sp³-hybridized carbons (Fsp3) is 0.273. The highest BCUT2D eigenvalue weighted by molar-refractivity contribution is 5.85. The molecule has 0 unspecified atom stereocenters. The van der Waals surface area contributed by atoms with Gasteiger partial charge in [0.1, 0.15) is 5.75 Å². The maximum Gasteiger partial charge on any atom is 0.226 e. The first-order valence-electron chi connectivity index (χ1n) is 8.98. The van der Waals surface area contributed by atoms with E-state index < -0.39 is 0 Å². The third-order valence-electron chi connectivity index (χ3n) is 5.33. The van der Waals surface area contributed by atoms with Crippen LogP contribution in [0.2, 0.25) is 0 Å². The van der Waals surface area contributed by atoms with Crippen LogP contribution in [0.5, 0.6) is 5.75 Å². The summed E-state index contributed by atoms with van der Waals surface area (Å²) in [7, 11) is 0. The Hall–Kier alpha value is -3.26. The van der Waals surface area contributed by atoms with Crippen LogP contribution in [-0.2, 0) is 17.6 Å². The maximum absolute atomic E-state index is 12.7. The van der Waals surface area contributed by atoms with Crippen LogP contribution in [0.1, 0.15) is 42.3 Å². The van der Waals surface area contributed by atoms with E-state index >= 15 is 0 Å². The molecule has 0 bridgehead atoms. The summed E-state index contributed by atoms with van der Waals surface area (Å²) in [6.45, 7) is 4.27. The van der Waals surface area contributed by atoms with Crippen LogP contribution >= 0.6 is 0 Å². The number of phenols is 1. The Balaban J connectivity index is 1.56. The molecule has 136 valence electrons. The highest BCUT2D eigenvalue weighted by atomic mass is 16.3. The molecule has 1 amide bonds. The van der Waals surface area contributed by atoms with Gasteiger partial charge in [0, 0.05) is 16.6 Å². The van der Waals surface area contributed by atoms with Crippen LogP contribution in [0.3, 0.4) is 0 Å². The number of aromatic hydroxyl groups is 1. The van der Waals surface area contributed by atoms with E-state index in [1.54, 1.807) is 18.2 Å². The number of benzene rings is 2. The first-order chi connectivity index (χ1) is 12.9. The van der Waals surface area contributed by atoms with Gasteiger partial charge in [-0.05, 0) is 59.4 Å². The number of rotatable bonds is 3. The molecule has 0 fully saturated rings. The minimum atomic E-state index is -0.123. The summed E-state index contributed by atoms with van der Waals surface area (Å²) >= 11 is 0. The van der Waals surface area contributed by atoms with Crippen LogP contribution in [0.15, 0.2) is 42.5 Å². The molecule has 27 heavy (non-hydrogen) atoms. The summed E-state index contributed by atoms with van der Waals surface area (Å²) < 4.78 is 0. The number of phenolic OH excluding ortho intramolecular Hbond substituents is 1. The summed E-state index contributed by atoms with van der Waals surface area (Å²) in [4.78, 5) is 15.9. The van der Waals surface area contributed by atoms with Crippen molar-refractivity contribution in [2.75, 3.05) is 0 Å². The first kappa shape index (κ1) is 17.2. The Morgan fingerprint density at radius 2 is 2.11 bits per heavy atom. The SMILES string of the molecule is CC1(C)Cc2ccc(C#N)cc2[C@H]1NC(=O)Cc1cc2cc(O)ccc2[nH]1. The maximum atomic E-state index is 12.7. The second-order valence-electron chi connectivity index (χ2n) is 7.93.